The van der Waals surface area contributed by atoms with Gasteiger partial charge in [-0.3, -0.25) is 14.9 Å². The standard InChI is InChI=1S/C23H25N5O5/c1-4-16-5-8-20(24-12-16)27-23(31)26-18(13-32-3)22(30)25-17-6-7-19(15(2)11-17)28-9-10-33-14-21(28)29/h1,5-8,11-12,18H,9-10,13-14H2,2-3H3,(H,25,30)(H2,24,26,27,31)/t18-/m1/s1. The first-order valence-electron chi connectivity index (χ1n) is 10.2. The lowest BCUT2D eigenvalue weighted by molar-refractivity contribution is -0.125. The summed E-state index contributed by atoms with van der Waals surface area (Å²) in [5, 5.41) is 7.88. The predicted molar refractivity (Wildman–Crippen MR) is 123 cm³/mol. The van der Waals surface area contributed by atoms with E-state index in [2.05, 4.69) is 26.9 Å². The molecule has 10 heteroatoms. The van der Waals surface area contributed by atoms with Crippen LogP contribution in [0.15, 0.2) is 36.5 Å². The number of morpholine rings is 1. The summed E-state index contributed by atoms with van der Waals surface area (Å²) in [6.07, 6.45) is 6.74. The van der Waals surface area contributed by atoms with Gasteiger partial charge in [0, 0.05) is 36.8 Å². The first kappa shape index (κ1) is 23.7. The molecule has 3 N–H and O–H groups in total. The van der Waals surface area contributed by atoms with Gasteiger partial charge in [-0.25, -0.2) is 9.78 Å². The number of carbonyl (C=O) groups is 3. The number of nitrogens with zero attached hydrogens (tertiary/aromatic N) is 2. The molecule has 1 aromatic heterocycles. The molecule has 0 saturated carbocycles. The number of anilines is 3. The number of hydrogen-bond acceptors (Lipinski definition) is 6. The molecule has 172 valence electrons. The Bertz CT molecular complexity index is 1060. The van der Waals surface area contributed by atoms with Crippen molar-refractivity contribution in [2.45, 2.75) is 13.0 Å². The molecule has 0 spiro atoms. The van der Waals surface area contributed by atoms with E-state index < -0.39 is 18.0 Å². The summed E-state index contributed by atoms with van der Waals surface area (Å²) in [7, 11) is 1.43. The van der Waals surface area contributed by atoms with E-state index in [0.717, 1.165) is 11.3 Å². The van der Waals surface area contributed by atoms with E-state index in [1.54, 1.807) is 35.2 Å². The van der Waals surface area contributed by atoms with Gasteiger partial charge in [0.2, 0.25) is 5.91 Å². The lowest BCUT2D eigenvalue weighted by atomic mass is 10.1. The molecule has 33 heavy (non-hydrogen) atoms. The first-order valence-corrected chi connectivity index (χ1v) is 10.2. The lowest BCUT2D eigenvalue weighted by Gasteiger charge is -2.28. The number of nitrogens with one attached hydrogen (secondary N) is 3. The maximum absolute atomic E-state index is 12.8. The average Bonchev–Trinajstić information content (AvgIpc) is 2.80. The second-order valence-corrected chi connectivity index (χ2v) is 7.27. The molecular weight excluding hydrogens is 426 g/mol. The number of aromatic nitrogens is 1. The third-order valence-corrected chi connectivity index (χ3v) is 4.87. The van der Waals surface area contributed by atoms with Crippen LogP contribution in [-0.4, -0.2) is 62.3 Å². The van der Waals surface area contributed by atoms with Gasteiger partial charge in [0.1, 0.15) is 18.5 Å². The van der Waals surface area contributed by atoms with Crippen molar-refractivity contribution in [3.63, 3.8) is 0 Å². The van der Waals surface area contributed by atoms with Crippen molar-refractivity contribution in [3.8, 4) is 12.3 Å². The van der Waals surface area contributed by atoms with Crippen molar-refractivity contribution >= 4 is 35.0 Å². The van der Waals surface area contributed by atoms with Gasteiger partial charge in [-0.2, -0.15) is 0 Å². The van der Waals surface area contributed by atoms with Crippen molar-refractivity contribution < 1.29 is 23.9 Å². The summed E-state index contributed by atoms with van der Waals surface area (Å²) in [6, 6.07) is 6.85. The lowest BCUT2D eigenvalue weighted by Crippen LogP contribution is -2.48. The minimum absolute atomic E-state index is 0.0396. The molecule has 1 aliphatic heterocycles. The molecule has 1 fully saturated rings. The molecular formula is C23H25N5O5. The van der Waals surface area contributed by atoms with Crippen LogP contribution in [0.2, 0.25) is 0 Å². The van der Waals surface area contributed by atoms with Gasteiger partial charge >= 0.3 is 6.03 Å². The van der Waals surface area contributed by atoms with Gasteiger partial charge in [-0.1, -0.05) is 5.92 Å². The van der Waals surface area contributed by atoms with E-state index in [4.69, 9.17) is 15.9 Å². The quantitative estimate of drug-likeness (QED) is 0.549. The van der Waals surface area contributed by atoms with Crippen LogP contribution in [0.3, 0.4) is 0 Å². The Kier molecular flexibility index (Phi) is 7.96. The van der Waals surface area contributed by atoms with Crippen LogP contribution in [0.1, 0.15) is 11.1 Å². The Labute approximate surface area is 191 Å². The highest BCUT2D eigenvalue weighted by Crippen LogP contribution is 2.25. The Morgan fingerprint density at radius 3 is 2.76 bits per heavy atom. The van der Waals surface area contributed by atoms with E-state index in [1.165, 1.54) is 13.3 Å². The zero-order valence-electron chi connectivity index (χ0n) is 18.4. The Morgan fingerprint density at radius 1 is 1.30 bits per heavy atom. The summed E-state index contributed by atoms with van der Waals surface area (Å²) in [5.74, 6) is 2.15. The zero-order chi connectivity index (χ0) is 23.8. The van der Waals surface area contributed by atoms with Crippen molar-refractivity contribution in [2.75, 3.05) is 49.0 Å². The molecule has 2 heterocycles. The van der Waals surface area contributed by atoms with Crippen LogP contribution < -0.4 is 20.9 Å². The molecule has 1 aromatic carbocycles. The monoisotopic (exact) mass is 451 g/mol. The maximum Gasteiger partial charge on any atom is 0.321 e. The smallest absolute Gasteiger partial charge is 0.321 e. The van der Waals surface area contributed by atoms with E-state index in [9.17, 15) is 14.4 Å². The highest BCUT2D eigenvalue weighted by atomic mass is 16.5. The number of hydrogen-bond donors (Lipinski definition) is 3. The third-order valence-electron chi connectivity index (χ3n) is 4.87. The van der Waals surface area contributed by atoms with Crippen molar-refractivity contribution in [3.05, 3.63) is 47.7 Å². The van der Waals surface area contributed by atoms with Crippen molar-refractivity contribution in [1.82, 2.24) is 10.3 Å². The van der Waals surface area contributed by atoms with E-state index in [-0.39, 0.29) is 24.9 Å². The van der Waals surface area contributed by atoms with Crippen LogP contribution >= 0.6 is 0 Å². The number of pyridine rings is 1. The van der Waals surface area contributed by atoms with Crippen LogP contribution in [0.25, 0.3) is 0 Å². The average molecular weight is 451 g/mol. The molecule has 0 aliphatic carbocycles. The summed E-state index contributed by atoms with van der Waals surface area (Å²) in [4.78, 5) is 42.9. The molecule has 4 amide bonds. The second kappa shape index (κ2) is 11.1. The third kappa shape index (κ3) is 6.29. The second-order valence-electron chi connectivity index (χ2n) is 7.27. The van der Waals surface area contributed by atoms with Gasteiger partial charge in [-0.05, 0) is 42.8 Å². The maximum atomic E-state index is 12.8. The van der Waals surface area contributed by atoms with E-state index in [1.807, 2.05) is 6.92 Å². The predicted octanol–water partition coefficient (Wildman–Crippen LogP) is 1.51. The van der Waals surface area contributed by atoms with Gasteiger partial charge in [0.15, 0.2) is 0 Å². The van der Waals surface area contributed by atoms with Crippen LogP contribution in [-0.2, 0) is 19.1 Å². The largest absolute Gasteiger partial charge is 0.382 e. The molecule has 0 unspecified atom stereocenters. The number of methoxy groups -OCH3 is 1. The van der Waals surface area contributed by atoms with Gasteiger partial charge in [-0.15, -0.1) is 6.42 Å². The number of carbonyl (C=O) groups excluding carboxylic acids is 3. The van der Waals surface area contributed by atoms with E-state index >= 15 is 0 Å². The minimum Gasteiger partial charge on any atom is -0.382 e. The van der Waals surface area contributed by atoms with Crippen LogP contribution in [0.5, 0.6) is 0 Å². The Hall–Kier alpha value is -3.94. The molecule has 1 atom stereocenters. The SMILES string of the molecule is C#Cc1ccc(NC(=O)N[C@H](COC)C(=O)Nc2ccc(N3CCOCC3=O)c(C)c2)nc1. The molecule has 1 saturated heterocycles. The first-order chi connectivity index (χ1) is 15.9. The summed E-state index contributed by atoms with van der Waals surface area (Å²) < 4.78 is 10.2. The van der Waals surface area contributed by atoms with E-state index in [0.29, 0.717) is 24.4 Å². The fraction of sp³-hybridized carbons (Fsp3) is 0.304. The Morgan fingerprint density at radius 2 is 2.12 bits per heavy atom. The van der Waals surface area contributed by atoms with Crippen LogP contribution in [0, 0.1) is 19.3 Å². The molecule has 10 nitrogen and oxygen atoms in total. The molecule has 3 rings (SSSR count). The van der Waals surface area contributed by atoms with Crippen LogP contribution in [0.4, 0.5) is 22.0 Å². The van der Waals surface area contributed by atoms with Gasteiger partial charge < -0.3 is 25.0 Å². The summed E-state index contributed by atoms with van der Waals surface area (Å²) in [5.41, 5.74) is 2.68. The van der Waals surface area contributed by atoms with Gasteiger partial charge in [0.05, 0.1) is 13.2 Å². The molecule has 2 aromatic rings. The Balaban J connectivity index is 1.63. The number of amides is 4. The minimum atomic E-state index is -0.958. The van der Waals surface area contributed by atoms with Gasteiger partial charge in [0.25, 0.3) is 5.91 Å². The molecule has 1 aliphatic rings. The summed E-state index contributed by atoms with van der Waals surface area (Å²) in [6.45, 7) is 2.81. The summed E-state index contributed by atoms with van der Waals surface area (Å²) >= 11 is 0. The van der Waals surface area contributed by atoms with Crippen molar-refractivity contribution in [2.24, 2.45) is 0 Å². The topological polar surface area (TPSA) is 122 Å². The fourth-order valence-electron chi connectivity index (χ4n) is 3.25. The molecule has 0 radical (unpaired) electrons. The number of rotatable bonds is 7. The number of aryl methyl sites for hydroxylation is 1. The highest BCUT2D eigenvalue weighted by Gasteiger charge is 2.23. The normalized spacial score (nSPS) is 14.2. The number of terminal acetylenes is 1. The highest BCUT2D eigenvalue weighted by molar-refractivity contribution is 6.00. The number of ether oxygens (including phenoxy) is 2. The number of urea groups is 1. The fourth-order valence-corrected chi connectivity index (χ4v) is 3.25. The number of benzene rings is 1. The molecule has 0 bridgehead atoms. The van der Waals surface area contributed by atoms with Crippen molar-refractivity contribution in [1.29, 1.82) is 0 Å². The zero-order valence-corrected chi connectivity index (χ0v) is 18.4.